The number of piperazine rings is 1. The average molecular weight is 437 g/mol. The number of aryl methyl sites for hydroxylation is 2. The first-order chi connectivity index (χ1) is 13.5. The first-order valence-corrected chi connectivity index (χ1v) is 12.6. The van der Waals surface area contributed by atoms with E-state index < -0.39 is 20.0 Å². The lowest BCUT2D eigenvalue weighted by atomic mass is 10.0. The summed E-state index contributed by atoms with van der Waals surface area (Å²) in [5, 5.41) is 0. The number of nitrogens with zero attached hydrogens (tertiary/aromatic N) is 2. The summed E-state index contributed by atoms with van der Waals surface area (Å²) in [7, 11) is -7.29. The minimum Gasteiger partial charge on any atom is -0.207 e. The van der Waals surface area contributed by atoms with Crippen molar-refractivity contribution in [1.29, 1.82) is 0 Å². The van der Waals surface area contributed by atoms with Crippen LogP contribution < -0.4 is 0 Å². The fraction of sp³-hybridized carbons (Fsp3) is 0.429. The minimum atomic E-state index is -3.65. The van der Waals surface area contributed by atoms with E-state index in [0.29, 0.717) is 11.5 Å². The van der Waals surface area contributed by atoms with Crippen molar-refractivity contribution in [3.05, 3.63) is 59.2 Å². The summed E-state index contributed by atoms with van der Waals surface area (Å²) in [6, 6.07) is 12.2. The lowest BCUT2D eigenvalue weighted by Crippen LogP contribution is -2.50. The third kappa shape index (κ3) is 4.40. The molecule has 29 heavy (non-hydrogen) atoms. The number of benzene rings is 2. The molecule has 1 aliphatic rings. The zero-order valence-corrected chi connectivity index (χ0v) is 18.9. The van der Waals surface area contributed by atoms with E-state index in [1.165, 1.54) is 8.61 Å². The molecule has 3 rings (SSSR count). The molecule has 1 aliphatic heterocycles. The lowest BCUT2D eigenvalue weighted by Gasteiger charge is -2.33. The molecular formula is C21H28N2O4S2. The molecule has 2 aromatic carbocycles. The molecule has 0 radical (unpaired) electrons. The van der Waals surface area contributed by atoms with E-state index in [9.17, 15) is 16.8 Å². The van der Waals surface area contributed by atoms with Crippen LogP contribution in [0.15, 0.2) is 52.3 Å². The van der Waals surface area contributed by atoms with Gasteiger partial charge in [-0.2, -0.15) is 8.61 Å². The topological polar surface area (TPSA) is 74.8 Å². The molecule has 0 atom stereocenters. The number of rotatable bonds is 5. The molecule has 158 valence electrons. The SMILES string of the molecule is Cc1ccc(S(=O)(=O)N2CCN(S(=O)(=O)c3ccc(C(C)C)cc3)CC2)c(C)c1. The second-order valence-electron chi connectivity index (χ2n) is 7.80. The Labute approximate surface area is 174 Å². The average Bonchev–Trinajstić information content (AvgIpc) is 2.68. The van der Waals surface area contributed by atoms with Crippen LogP contribution in [0.1, 0.15) is 36.5 Å². The van der Waals surface area contributed by atoms with Crippen molar-refractivity contribution in [2.45, 2.75) is 43.4 Å². The van der Waals surface area contributed by atoms with Crippen molar-refractivity contribution >= 4 is 20.0 Å². The third-order valence-corrected chi connectivity index (χ3v) is 9.30. The minimum absolute atomic E-state index is 0.137. The zero-order valence-electron chi connectivity index (χ0n) is 17.3. The quantitative estimate of drug-likeness (QED) is 0.722. The highest BCUT2D eigenvalue weighted by atomic mass is 32.2. The Kier molecular flexibility index (Phi) is 6.19. The third-order valence-electron chi connectivity index (χ3n) is 5.33. The highest BCUT2D eigenvalue weighted by molar-refractivity contribution is 7.89. The van der Waals surface area contributed by atoms with Crippen LogP contribution >= 0.6 is 0 Å². The molecule has 0 bridgehead atoms. The van der Waals surface area contributed by atoms with Gasteiger partial charge < -0.3 is 0 Å². The Morgan fingerprint density at radius 2 is 1.28 bits per heavy atom. The number of sulfonamides is 2. The van der Waals surface area contributed by atoms with Crippen molar-refractivity contribution in [2.75, 3.05) is 26.2 Å². The second kappa shape index (κ2) is 8.18. The van der Waals surface area contributed by atoms with Crippen LogP contribution in [-0.4, -0.2) is 51.6 Å². The maximum absolute atomic E-state index is 13.0. The van der Waals surface area contributed by atoms with Gasteiger partial charge in [0.2, 0.25) is 20.0 Å². The predicted molar refractivity (Wildman–Crippen MR) is 114 cm³/mol. The van der Waals surface area contributed by atoms with Gasteiger partial charge in [0.25, 0.3) is 0 Å². The van der Waals surface area contributed by atoms with E-state index in [4.69, 9.17) is 0 Å². The van der Waals surface area contributed by atoms with E-state index in [-0.39, 0.29) is 36.0 Å². The van der Waals surface area contributed by atoms with Gasteiger partial charge in [0.05, 0.1) is 9.79 Å². The van der Waals surface area contributed by atoms with Crippen LogP contribution in [0.25, 0.3) is 0 Å². The molecule has 0 unspecified atom stereocenters. The molecular weight excluding hydrogens is 408 g/mol. The van der Waals surface area contributed by atoms with Crippen LogP contribution in [-0.2, 0) is 20.0 Å². The van der Waals surface area contributed by atoms with Gasteiger partial charge in [0, 0.05) is 26.2 Å². The summed E-state index contributed by atoms with van der Waals surface area (Å²) in [6.07, 6.45) is 0. The van der Waals surface area contributed by atoms with Gasteiger partial charge in [-0.05, 0) is 49.1 Å². The standard InChI is InChI=1S/C21H28N2O4S2/c1-16(2)19-6-8-20(9-7-19)28(24,25)22-11-13-23(14-12-22)29(26,27)21-10-5-17(3)15-18(21)4/h5-10,15-16H,11-14H2,1-4H3. The molecule has 1 heterocycles. The van der Waals surface area contributed by atoms with E-state index in [1.54, 1.807) is 31.2 Å². The maximum Gasteiger partial charge on any atom is 0.243 e. The molecule has 0 aromatic heterocycles. The Balaban J connectivity index is 1.75. The molecule has 8 heteroatoms. The summed E-state index contributed by atoms with van der Waals surface area (Å²) in [5.41, 5.74) is 2.78. The van der Waals surface area contributed by atoms with Gasteiger partial charge >= 0.3 is 0 Å². The molecule has 0 N–H and O–H groups in total. The first-order valence-electron chi connectivity index (χ1n) is 9.71. The van der Waals surface area contributed by atoms with Crippen LogP contribution in [0.3, 0.4) is 0 Å². The van der Waals surface area contributed by atoms with Gasteiger partial charge in [-0.25, -0.2) is 16.8 Å². The molecule has 0 spiro atoms. The number of hydrogen-bond acceptors (Lipinski definition) is 4. The largest absolute Gasteiger partial charge is 0.243 e. The molecule has 0 amide bonds. The Morgan fingerprint density at radius 3 is 1.76 bits per heavy atom. The summed E-state index contributed by atoms with van der Waals surface area (Å²) >= 11 is 0. The highest BCUT2D eigenvalue weighted by Crippen LogP contribution is 2.25. The molecule has 0 saturated carbocycles. The van der Waals surface area contributed by atoms with Crippen LogP contribution in [0.5, 0.6) is 0 Å². The van der Waals surface area contributed by atoms with Gasteiger partial charge in [0.1, 0.15) is 0 Å². The summed E-state index contributed by atoms with van der Waals surface area (Å²) in [6.45, 7) is 8.36. The summed E-state index contributed by atoms with van der Waals surface area (Å²) in [4.78, 5) is 0.524. The van der Waals surface area contributed by atoms with Crippen molar-refractivity contribution in [3.8, 4) is 0 Å². The van der Waals surface area contributed by atoms with E-state index >= 15 is 0 Å². The molecule has 1 saturated heterocycles. The van der Waals surface area contributed by atoms with Gasteiger partial charge in [-0.3, -0.25) is 0 Å². The summed E-state index contributed by atoms with van der Waals surface area (Å²) < 4.78 is 54.6. The van der Waals surface area contributed by atoms with Crippen molar-refractivity contribution in [3.63, 3.8) is 0 Å². The second-order valence-corrected chi connectivity index (χ2v) is 11.6. The molecule has 0 aliphatic carbocycles. The normalized spacial score (nSPS) is 17.0. The van der Waals surface area contributed by atoms with E-state index in [0.717, 1.165) is 11.1 Å². The lowest BCUT2D eigenvalue weighted by molar-refractivity contribution is 0.272. The summed E-state index contributed by atoms with van der Waals surface area (Å²) in [5.74, 6) is 0.325. The van der Waals surface area contributed by atoms with Gasteiger partial charge in [-0.15, -0.1) is 0 Å². The zero-order chi connectivity index (χ0) is 21.4. The Bertz CT molecular complexity index is 1080. The molecule has 6 nitrogen and oxygen atoms in total. The van der Waals surface area contributed by atoms with Crippen LogP contribution in [0.2, 0.25) is 0 Å². The predicted octanol–water partition coefficient (Wildman–Crippen LogP) is 3.12. The fourth-order valence-corrected chi connectivity index (χ4v) is 6.60. The van der Waals surface area contributed by atoms with Crippen LogP contribution in [0, 0.1) is 13.8 Å². The van der Waals surface area contributed by atoms with E-state index in [1.807, 2.05) is 25.1 Å². The van der Waals surface area contributed by atoms with Crippen molar-refractivity contribution < 1.29 is 16.8 Å². The maximum atomic E-state index is 13.0. The van der Waals surface area contributed by atoms with Gasteiger partial charge in [-0.1, -0.05) is 43.7 Å². The Morgan fingerprint density at radius 1 is 0.759 bits per heavy atom. The monoisotopic (exact) mass is 436 g/mol. The van der Waals surface area contributed by atoms with Crippen molar-refractivity contribution in [2.24, 2.45) is 0 Å². The van der Waals surface area contributed by atoms with Crippen LogP contribution in [0.4, 0.5) is 0 Å². The van der Waals surface area contributed by atoms with Crippen molar-refractivity contribution in [1.82, 2.24) is 8.61 Å². The first kappa shape index (κ1) is 22.0. The number of hydrogen-bond donors (Lipinski definition) is 0. The van der Waals surface area contributed by atoms with E-state index in [2.05, 4.69) is 13.8 Å². The molecule has 2 aromatic rings. The smallest absolute Gasteiger partial charge is 0.207 e. The highest BCUT2D eigenvalue weighted by Gasteiger charge is 2.34. The fourth-order valence-electron chi connectivity index (χ4n) is 3.55. The van der Waals surface area contributed by atoms with Gasteiger partial charge in [0.15, 0.2) is 0 Å². The Hall–Kier alpha value is -1.74. The molecule has 1 fully saturated rings.